The minimum atomic E-state index is -0.182. The van der Waals surface area contributed by atoms with Gasteiger partial charge in [-0.3, -0.25) is 0 Å². The van der Waals surface area contributed by atoms with E-state index in [1.165, 1.54) is 32.1 Å². The van der Waals surface area contributed by atoms with Crippen LogP contribution in [0.3, 0.4) is 0 Å². The van der Waals surface area contributed by atoms with Crippen LogP contribution in [0.5, 0.6) is 0 Å². The number of rotatable bonds is 3. The van der Waals surface area contributed by atoms with Crippen LogP contribution in [0.25, 0.3) is 0 Å². The molecule has 0 aliphatic heterocycles. The maximum atomic E-state index is 13.7. The second kappa shape index (κ2) is 6.29. The Morgan fingerprint density at radius 2 is 1.95 bits per heavy atom. The molecule has 2 nitrogen and oxygen atoms in total. The summed E-state index contributed by atoms with van der Waals surface area (Å²) < 4.78 is 14.3. The van der Waals surface area contributed by atoms with Crippen molar-refractivity contribution in [3.05, 3.63) is 21.5 Å². The van der Waals surface area contributed by atoms with Gasteiger partial charge in [0, 0.05) is 19.2 Å². The van der Waals surface area contributed by atoms with Crippen LogP contribution in [-0.2, 0) is 0 Å². The van der Waals surface area contributed by atoms with E-state index >= 15 is 0 Å². The molecule has 2 rings (SSSR count). The van der Waals surface area contributed by atoms with Crippen LogP contribution in [0.2, 0.25) is 0 Å². The molecule has 1 saturated carbocycles. The SMILES string of the molecule is CCC1CCC(N(C)c2cc(F)c(I)cc2N)CC1. The van der Waals surface area contributed by atoms with Gasteiger partial charge in [-0.05, 0) is 60.3 Å². The normalized spacial score (nSPS) is 23.4. The Hall–Kier alpha value is -0.520. The highest BCUT2D eigenvalue weighted by Crippen LogP contribution is 2.34. The Balaban J connectivity index is 2.12. The van der Waals surface area contributed by atoms with E-state index in [-0.39, 0.29) is 5.82 Å². The van der Waals surface area contributed by atoms with E-state index < -0.39 is 0 Å². The summed E-state index contributed by atoms with van der Waals surface area (Å²) in [7, 11) is 2.04. The van der Waals surface area contributed by atoms with Gasteiger partial charge in [0.2, 0.25) is 0 Å². The number of benzene rings is 1. The first-order valence-corrected chi connectivity index (χ1v) is 8.08. The number of halogens is 2. The van der Waals surface area contributed by atoms with Crippen molar-refractivity contribution >= 4 is 34.0 Å². The molecule has 0 atom stereocenters. The minimum Gasteiger partial charge on any atom is -0.397 e. The van der Waals surface area contributed by atoms with Crippen molar-refractivity contribution < 1.29 is 4.39 Å². The fraction of sp³-hybridized carbons (Fsp3) is 0.600. The first kappa shape index (κ1) is 14.9. The van der Waals surface area contributed by atoms with Gasteiger partial charge in [-0.25, -0.2) is 4.39 Å². The average Bonchev–Trinajstić information content (AvgIpc) is 2.42. The number of nitrogen functional groups attached to an aromatic ring is 1. The first-order valence-electron chi connectivity index (χ1n) is 7.00. The average molecular weight is 376 g/mol. The maximum absolute atomic E-state index is 13.7. The highest BCUT2D eigenvalue weighted by molar-refractivity contribution is 14.1. The Morgan fingerprint density at radius 3 is 2.53 bits per heavy atom. The highest BCUT2D eigenvalue weighted by Gasteiger charge is 2.24. The van der Waals surface area contributed by atoms with Gasteiger partial charge in [0.05, 0.1) is 14.9 Å². The summed E-state index contributed by atoms with van der Waals surface area (Å²) >= 11 is 1.98. The summed E-state index contributed by atoms with van der Waals surface area (Å²) in [5, 5.41) is 0. The Kier molecular flexibility index (Phi) is 4.92. The molecule has 1 fully saturated rings. The highest BCUT2D eigenvalue weighted by atomic mass is 127. The van der Waals surface area contributed by atoms with Gasteiger partial charge < -0.3 is 10.6 Å². The van der Waals surface area contributed by atoms with Crippen LogP contribution in [-0.4, -0.2) is 13.1 Å². The molecule has 1 aliphatic carbocycles. The predicted octanol–water partition coefficient (Wildman–Crippen LogP) is 4.42. The molecule has 0 bridgehead atoms. The Labute approximate surface area is 128 Å². The smallest absolute Gasteiger partial charge is 0.138 e. The van der Waals surface area contributed by atoms with Crippen LogP contribution in [0, 0.1) is 15.3 Å². The van der Waals surface area contributed by atoms with Gasteiger partial charge in [0.1, 0.15) is 5.82 Å². The minimum absolute atomic E-state index is 0.182. The van der Waals surface area contributed by atoms with Crippen molar-refractivity contribution in [2.24, 2.45) is 5.92 Å². The summed E-state index contributed by atoms with van der Waals surface area (Å²) in [5.74, 6) is 0.689. The summed E-state index contributed by atoms with van der Waals surface area (Å²) in [6.07, 6.45) is 6.19. The molecule has 0 unspecified atom stereocenters. The van der Waals surface area contributed by atoms with E-state index in [4.69, 9.17) is 5.73 Å². The van der Waals surface area contributed by atoms with Crippen LogP contribution in [0.15, 0.2) is 12.1 Å². The molecular formula is C15H22FIN2. The van der Waals surface area contributed by atoms with E-state index in [0.29, 0.717) is 15.3 Å². The van der Waals surface area contributed by atoms with Crippen molar-refractivity contribution in [3.8, 4) is 0 Å². The molecule has 1 aromatic rings. The molecule has 0 heterocycles. The first-order chi connectivity index (χ1) is 9.02. The van der Waals surface area contributed by atoms with Crippen molar-refractivity contribution in [1.82, 2.24) is 0 Å². The third kappa shape index (κ3) is 3.33. The lowest BCUT2D eigenvalue weighted by Crippen LogP contribution is -2.35. The molecule has 0 saturated heterocycles. The molecule has 1 aromatic carbocycles. The number of nitrogens with zero attached hydrogens (tertiary/aromatic N) is 1. The van der Waals surface area contributed by atoms with Crippen LogP contribution in [0.4, 0.5) is 15.8 Å². The summed E-state index contributed by atoms with van der Waals surface area (Å²) in [4.78, 5) is 2.17. The summed E-state index contributed by atoms with van der Waals surface area (Å²) in [6.45, 7) is 2.27. The van der Waals surface area contributed by atoms with E-state index in [9.17, 15) is 4.39 Å². The largest absolute Gasteiger partial charge is 0.397 e. The van der Waals surface area contributed by atoms with Gasteiger partial charge in [-0.2, -0.15) is 0 Å². The third-order valence-corrected chi connectivity index (χ3v) is 5.22. The molecule has 1 aliphatic rings. The van der Waals surface area contributed by atoms with Gasteiger partial charge in [0.25, 0.3) is 0 Å². The molecule has 0 spiro atoms. The fourth-order valence-corrected chi connectivity index (χ4v) is 3.49. The Bertz CT molecular complexity index is 442. The standard InChI is InChI=1S/C15H22FIN2/c1-3-10-4-6-11(7-5-10)19(2)15-8-12(16)13(17)9-14(15)18/h8-11H,3-7,18H2,1-2H3. The number of hydrogen-bond acceptors (Lipinski definition) is 2. The molecule has 106 valence electrons. The topological polar surface area (TPSA) is 29.3 Å². The summed E-state index contributed by atoms with van der Waals surface area (Å²) in [6, 6.07) is 3.78. The summed E-state index contributed by atoms with van der Waals surface area (Å²) in [5.41, 5.74) is 7.54. The van der Waals surface area contributed by atoms with Crippen LogP contribution < -0.4 is 10.6 Å². The lowest BCUT2D eigenvalue weighted by atomic mass is 9.84. The lowest BCUT2D eigenvalue weighted by molar-refractivity contribution is 0.313. The quantitative estimate of drug-likeness (QED) is 0.625. The van der Waals surface area contributed by atoms with Gasteiger partial charge in [-0.15, -0.1) is 0 Å². The molecule has 2 N–H and O–H groups in total. The molecule has 19 heavy (non-hydrogen) atoms. The number of nitrogens with two attached hydrogens (primary N) is 1. The van der Waals surface area contributed by atoms with Gasteiger partial charge in [0.15, 0.2) is 0 Å². The van der Waals surface area contributed by atoms with Crippen molar-refractivity contribution in [2.75, 3.05) is 17.7 Å². The fourth-order valence-electron chi connectivity index (χ4n) is 2.99. The van der Waals surface area contributed by atoms with Crippen LogP contribution in [0.1, 0.15) is 39.0 Å². The monoisotopic (exact) mass is 376 g/mol. The van der Waals surface area contributed by atoms with E-state index in [1.54, 1.807) is 12.1 Å². The number of anilines is 2. The lowest BCUT2D eigenvalue weighted by Gasteiger charge is -2.36. The molecular weight excluding hydrogens is 354 g/mol. The number of hydrogen-bond donors (Lipinski definition) is 1. The van der Waals surface area contributed by atoms with Crippen molar-refractivity contribution in [3.63, 3.8) is 0 Å². The Morgan fingerprint density at radius 1 is 1.32 bits per heavy atom. The molecule has 0 aromatic heterocycles. The predicted molar refractivity (Wildman–Crippen MR) is 88.0 cm³/mol. The van der Waals surface area contributed by atoms with Gasteiger partial charge in [-0.1, -0.05) is 13.3 Å². The second-order valence-electron chi connectivity index (χ2n) is 5.52. The molecule has 0 radical (unpaired) electrons. The molecule has 0 amide bonds. The van der Waals surface area contributed by atoms with Crippen molar-refractivity contribution in [1.29, 1.82) is 0 Å². The molecule has 4 heteroatoms. The zero-order chi connectivity index (χ0) is 14.0. The second-order valence-corrected chi connectivity index (χ2v) is 6.68. The maximum Gasteiger partial charge on any atom is 0.138 e. The van der Waals surface area contributed by atoms with E-state index in [1.807, 2.05) is 29.6 Å². The van der Waals surface area contributed by atoms with E-state index in [0.717, 1.165) is 11.6 Å². The van der Waals surface area contributed by atoms with Gasteiger partial charge >= 0.3 is 0 Å². The zero-order valence-corrected chi connectivity index (χ0v) is 13.8. The zero-order valence-electron chi connectivity index (χ0n) is 11.6. The van der Waals surface area contributed by atoms with Crippen LogP contribution >= 0.6 is 22.6 Å². The van der Waals surface area contributed by atoms with E-state index in [2.05, 4.69) is 11.8 Å². The van der Waals surface area contributed by atoms with Crippen molar-refractivity contribution in [2.45, 2.75) is 45.1 Å². The third-order valence-electron chi connectivity index (χ3n) is 4.39.